The molecule has 0 N–H and O–H groups in total. The maximum Gasteiger partial charge on any atom is 0.179 e. The Morgan fingerprint density at radius 2 is 2.15 bits per heavy atom. The van der Waals surface area contributed by atoms with Gasteiger partial charge in [-0.2, -0.15) is 0 Å². The number of fused-ring (bicyclic) bond motifs is 1. The summed E-state index contributed by atoms with van der Waals surface area (Å²) < 4.78 is 5.01. The highest BCUT2D eigenvalue weighted by atomic mass is 79.9. The van der Waals surface area contributed by atoms with Crippen LogP contribution in [-0.4, -0.2) is 4.98 Å². The molecule has 0 unspecified atom stereocenters. The zero-order valence-corrected chi connectivity index (χ0v) is 9.05. The first-order valence-corrected chi connectivity index (χ1v) is 4.76. The van der Waals surface area contributed by atoms with E-state index in [0.717, 1.165) is 15.7 Å². The van der Waals surface area contributed by atoms with Gasteiger partial charge in [0.25, 0.3) is 0 Å². The molecule has 0 saturated carbocycles. The van der Waals surface area contributed by atoms with E-state index in [1.807, 2.05) is 18.2 Å². The van der Waals surface area contributed by atoms with Crippen molar-refractivity contribution in [2.75, 3.05) is 0 Å². The standard InChI is InChI=1S/C9H6BrNOS/c10-12-7-5-11-4-6-2-1-3-8(13)9(6)7/h1-5,13H. The van der Waals surface area contributed by atoms with Gasteiger partial charge in [-0.05, 0) is 6.07 Å². The Bertz CT molecular complexity index is 441. The second-order valence-corrected chi connectivity index (χ2v) is 3.40. The molecule has 2 aromatic rings. The van der Waals surface area contributed by atoms with E-state index in [1.54, 1.807) is 12.4 Å². The van der Waals surface area contributed by atoms with Gasteiger partial charge in [-0.1, -0.05) is 12.1 Å². The van der Waals surface area contributed by atoms with Crippen LogP contribution >= 0.6 is 28.9 Å². The zero-order chi connectivity index (χ0) is 9.26. The molecule has 2 rings (SSSR count). The predicted molar refractivity (Wildman–Crippen MR) is 58.6 cm³/mol. The van der Waals surface area contributed by atoms with Gasteiger partial charge in [-0.15, -0.1) is 12.6 Å². The van der Waals surface area contributed by atoms with Crippen LogP contribution in [0.15, 0.2) is 35.5 Å². The van der Waals surface area contributed by atoms with Crippen LogP contribution in [0.4, 0.5) is 0 Å². The third-order valence-electron chi connectivity index (χ3n) is 1.81. The number of hydrogen-bond donors (Lipinski definition) is 1. The molecular formula is C9H6BrNOS. The smallest absolute Gasteiger partial charge is 0.179 e. The fourth-order valence-electron chi connectivity index (χ4n) is 1.24. The van der Waals surface area contributed by atoms with E-state index < -0.39 is 0 Å². The summed E-state index contributed by atoms with van der Waals surface area (Å²) in [5, 5.41) is 1.99. The van der Waals surface area contributed by atoms with E-state index in [-0.39, 0.29) is 0 Å². The lowest BCUT2D eigenvalue weighted by Crippen LogP contribution is -1.82. The number of thiol groups is 1. The van der Waals surface area contributed by atoms with Gasteiger partial charge in [0.05, 0.1) is 6.20 Å². The number of hydrogen-bond acceptors (Lipinski definition) is 3. The van der Waals surface area contributed by atoms with E-state index >= 15 is 0 Å². The summed E-state index contributed by atoms with van der Waals surface area (Å²) in [5.41, 5.74) is 0. The van der Waals surface area contributed by atoms with Crippen LogP contribution in [0.2, 0.25) is 0 Å². The predicted octanol–water partition coefficient (Wildman–Crippen LogP) is 3.21. The third-order valence-corrected chi connectivity index (χ3v) is 2.53. The summed E-state index contributed by atoms with van der Waals surface area (Å²) in [6.45, 7) is 0. The van der Waals surface area contributed by atoms with Crippen LogP contribution in [0.5, 0.6) is 5.75 Å². The lowest BCUT2D eigenvalue weighted by atomic mass is 10.2. The second kappa shape index (κ2) is 3.55. The summed E-state index contributed by atoms with van der Waals surface area (Å²) in [6, 6.07) is 5.82. The second-order valence-electron chi connectivity index (χ2n) is 2.59. The van der Waals surface area contributed by atoms with Crippen LogP contribution in [0, 0.1) is 0 Å². The van der Waals surface area contributed by atoms with Crippen molar-refractivity contribution in [2.45, 2.75) is 4.90 Å². The Balaban J connectivity index is 2.87. The molecule has 0 spiro atoms. The minimum absolute atomic E-state index is 0.683. The summed E-state index contributed by atoms with van der Waals surface area (Å²) in [4.78, 5) is 4.92. The fraction of sp³-hybridized carbons (Fsp3) is 0. The first kappa shape index (κ1) is 8.84. The van der Waals surface area contributed by atoms with Crippen LogP contribution in [-0.2, 0) is 0 Å². The maximum absolute atomic E-state index is 5.01. The van der Waals surface area contributed by atoms with Gasteiger partial charge < -0.3 is 3.83 Å². The van der Waals surface area contributed by atoms with Crippen LogP contribution in [0.3, 0.4) is 0 Å². The van der Waals surface area contributed by atoms with Gasteiger partial charge in [0, 0.05) is 21.9 Å². The Hall–Kier alpha value is -0.740. The van der Waals surface area contributed by atoms with Crippen molar-refractivity contribution in [1.29, 1.82) is 0 Å². The average molecular weight is 256 g/mol. The Morgan fingerprint density at radius 1 is 1.31 bits per heavy atom. The molecule has 1 aromatic heterocycles. The summed E-state index contributed by atoms with van der Waals surface area (Å²) in [7, 11) is 0. The number of aromatic nitrogens is 1. The number of pyridine rings is 1. The van der Waals surface area contributed by atoms with Gasteiger partial charge in [-0.3, -0.25) is 4.98 Å². The molecule has 2 nitrogen and oxygen atoms in total. The van der Waals surface area contributed by atoms with Crippen LogP contribution < -0.4 is 3.83 Å². The molecule has 66 valence electrons. The van der Waals surface area contributed by atoms with Gasteiger partial charge in [0.2, 0.25) is 0 Å². The fourth-order valence-corrected chi connectivity index (χ4v) is 1.81. The molecule has 0 saturated heterocycles. The van der Waals surface area contributed by atoms with Gasteiger partial charge >= 0.3 is 0 Å². The zero-order valence-electron chi connectivity index (χ0n) is 6.57. The third kappa shape index (κ3) is 1.51. The average Bonchev–Trinajstić information content (AvgIpc) is 2.17. The van der Waals surface area contributed by atoms with E-state index in [9.17, 15) is 0 Å². The van der Waals surface area contributed by atoms with Crippen molar-refractivity contribution in [3.8, 4) is 5.75 Å². The molecule has 0 atom stereocenters. The molecule has 13 heavy (non-hydrogen) atoms. The minimum atomic E-state index is 0.683. The van der Waals surface area contributed by atoms with E-state index in [2.05, 4.69) is 33.9 Å². The Labute approximate surface area is 89.8 Å². The van der Waals surface area contributed by atoms with E-state index in [4.69, 9.17) is 3.83 Å². The number of benzene rings is 1. The first-order chi connectivity index (χ1) is 6.33. The van der Waals surface area contributed by atoms with Crippen molar-refractivity contribution in [3.05, 3.63) is 30.6 Å². The quantitative estimate of drug-likeness (QED) is 0.791. The monoisotopic (exact) mass is 255 g/mol. The molecule has 0 radical (unpaired) electrons. The Morgan fingerprint density at radius 3 is 2.92 bits per heavy atom. The van der Waals surface area contributed by atoms with Crippen molar-refractivity contribution in [1.82, 2.24) is 4.98 Å². The highest BCUT2D eigenvalue weighted by molar-refractivity contribution is 9.06. The van der Waals surface area contributed by atoms with Crippen molar-refractivity contribution in [2.24, 2.45) is 0 Å². The summed E-state index contributed by atoms with van der Waals surface area (Å²) in [6.07, 6.45) is 3.43. The molecule has 1 aromatic carbocycles. The molecule has 0 aliphatic heterocycles. The van der Waals surface area contributed by atoms with Crippen LogP contribution in [0.25, 0.3) is 10.8 Å². The summed E-state index contributed by atoms with van der Waals surface area (Å²) in [5.74, 6) is 0.683. The number of nitrogens with zero attached hydrogens (tertiary/aromatic N) is 1. The van der Waals surface area contributed by atoms with Crippen molar-refractivity contribution in [3.63, 3.8) is 0 Å². The van der Waals surface area contributed by atoms with E-state index in [1.165, 1.54) is 0 Å². The normalized spacial score (nSPS) is 10.3. The molecule has 0 aliphatic rings. The molecule has 0 aliphatic carbocycles. The van der Waals surface area contributed by atoms with Gasteiger partial charge in [-0.25, -0.2) is 0 Å². The highest BCUT2D eigenvalue weighted by Gasteiger charge is 2.04. The topological polar surface area (TPSA) is 22.1 Å². The van der Waals surface area contributed by atoms with Crippen molar-refractivity contribution >= 4 is 39.7 Å². The molecule has 0 fully saturated rings. The molecule has 0 bridgehead atoms. The molecule has 0 amide bonds. The molecular weight excluding hydrogens is 250 g/mol. The molecule has 1 heterocycles. The minimum Gasteiger partial charge on any atom is -0.416 e. The van der Waals surface area contributed by atoms with Gasteiger partial charge in [0.15, 0.2) is 22.0 Å². The lowest BCUT2D eigenvalue weighted by Gasteiger charge is -2.04. The first-order valence-electron chi connectivity index (χ1n) is 3.67. The lowest BCUT2D eigenvalue weighted by molar-refractivity contribution is 0.681. The maximum atomic E-state index is 5.01. The molecule has 4 heteroatoms. The SMILES string of the molecule is Sc1cccc2cncc(OBr)c12. The highest BCUT2D eigenvalue weighted by Crippen LogP contribution is 2.30. The van der Waals surface area contributed by atoms with Gasteiger partial charge in [0.1, 0.15) is 0 Å². The Kier molecular flexibility index (Phi) is 2.42. The van der Waals surface area contributed by atoms with Crippen molar-refractivity contribution < 1.29 is 3.83 Å². The largest absolute Gasteiger partial charge is 0.416 e. The number of halogens is 1. The summed E-state index contributed by atoms with van der Waals surface area (Å²) >= 11 is 7.28. The number of rotatable bonds is 1. The van der Waals surface area contributed by atoms with E-state index in [0.29, 0.717) is 5.75 Å². The van der Waals surface area contributed by atoms with Crippen LogP contribution in [0.1, 0.15) is 0 Å².